The summed E-state index contributed by atoms with van der Waals surface area (Å²) in [5.74, 6) is 0.882. The molecule has 2 aliphatic rings. The number of pyridine rings is 1. The predicted octanol–water partition coefficient (Wildman–Crippen LogP) is 5.85. The van der Waals surface area contributed by atoms with Crippen LogP contribution in [0.5, 0.6) is 0 Å². The number of hydrogen-bond acceptors (Lipinski definition) is 7. The van der Waals surface area contributed by atoms with Gasteiger partial charge in [0.05, 0.1) is 17.6 Å². The van der Waals surface area contributed by atoms with Crippen molar-refractivity contribution in [2.75, 3.05) is 24.3 Å². The Morgan fingerprint density at radius 1 is 1.16 bits per heavy atom. The quantitative estimate of drug-likeness (QED) is 0.368. The van der Waals surface area contributed by atoms with Crippen LogP contribution >= 0.6 is 23.1 Å². The van der Waals surface area contributed by atoms with E-state index >= 15 is 0 Å². The van der Waals surface area contributed by atoms with Gasteiger partial charge in [0, 0.05) is 58.8 Å². The number of carbonyl (C=O) groups excluding carboxylic acids is 1. The van der Waals surface area contributed by atoms with Crippen LogP contribution in [0, 0.1) is 0 Å². The van der Waals surface area contributed by atoms with E-state index in [9.17, 15) is 18.0 Å². The number of alkyl halides is 3. The summed E-state index contributed by atoms with van der Waals surface area (Å²) in [7, 11) is 0. The van der Waals surface area contributed by atoms with Crippen molar-refractivity contribution in [1.82, 2.24) is 20.2 Å². The minimum atomic E-state index is -4.16. The zero-order valence-corrected chi connectivity index (χ0v) is 22.0. The maximum atomic E-state index is 12.9. The van der Waals surface area contributed by atoms with Crippen LogP contribution in [-0.2, 0) is 13.0 Å². The Hall–Kier alpha value is -2.37. The summed E-state index contributed by atoms with van der Waals surface area (Å²) >= 11 is 3.44. The third-order valence-corrected chi connectivity index (χ3v) is 9.46. The average molecular weight is 550 g/mol. The minimum Gasteiger partial charge on any atom is -0.361 e. The van der Waals surface area contributed by atoms with Crippen LogP contribution in [0.15, 0.2) is 36.5 Å². The van der Waals surface area contributed by atoms with Crippen LogP contribution in [0.2, 0.25) is 0 Å². The lowest BCUT2D eigenvalue weighted by Gasteiger charge is -2.31. The fourth-order valence-corrected chi connectivity index (χ4v) is 7.13. The Labute approximate surface area is 222 Å². The van der Waals surface area contributed by atoms with Gasteiger partial charge in [-0.1, -0.05) is 12.1 Å². The second-order valence-corrected chi connectivity index (χ2v) is 11.9. The second kappa shape index (κ2) is 11.6. The fourth-order valence-electron chi connectivity index (χ4n) is 4.90. The van der Waals surface area contributed by atoms with Crippen molar-refractivity contribution in [2.45, 2.75) is 62.5 Å². The van der Waals surface area contributed by atoms with Crippen molar-refractivity contribution in [2.24, 2.45) is 0 Å². The lowest BCUT2D eigenvalue weighted by molar-refractivity contribution is -0.131. The maximum Gasteiger partial charge on any atom is 0.390 e. The van der Waals surface area contributed by atoms with Crippen LogP contribution in [0.25, 0.3) is 10.9 Å². The number of rotatable bonds is 8. The number of fused-ring (bicyclic) bond motifs is 2. The molecule has 5 rings (SSSR count). The van der Waals surface area contributed by atoms with Crippen molar-refractivity contribution < 1.29 is 18.0 Å². The van der Waals surface area contributed by atoms with Crippen LogP contribution in [-0.4, -0.2) is 57.2 Å². The first-order valence-electron chi connectivity index (χ1n) is 12.6. The summed E-state index contributed by atoms with van der Waals surface area (Å²) in [6, 6.07) is 9.62. The number of anilines is 1. The molecule has 1 aliphatic heterocycles. The largest absolute Gasteiger partial charge is 0.390 e. The number of nitrogens with zero attached hydrogens (tertiary/aromatic N) is 3. The number of nitrogens with one attached hydrogen (secondary N) is 2. The van der Waals surface area contributed by atoms with E-state index in [1.165, 1.54) is 16.2 Å². The Morgan fingerprint density at radius 3 is 2.81 bits per heavy atom. The number of amides is 1. The van der Waals surface area contributed by atoms with Crippen molar-refractivity contribution in [3.05, 3.63) is 52.7 Å². The molecule has 1 fully saturated rings. The number of carbonyl (C=O) groups is 1. The molecule has 1 amide bonds. The molecular formula is C26H30F3N5OS2. The lowest BCUT2D eigenvalue weighted by atomic mass is 9.94. The highest BCUT2D eigenvalue weighted by Gasteiger charge is 2.28. The molecule has 3 aromatic rings. The van der Waals surface area contributed by atoms with E-state index < -0.39 is 12.6 Å². The highest BCUT2D eigenvalue weighted by Crippen LogP contribution is 2.33. The number of thiazole rings is 1. The van der Waals surface area contributed by atoms with E-state index in [-0.39, 0.29) is 18.5 Å². The smallest absolute Gasteiger partial charge is 0.361 e. The van der Waals surface area contributed by atoms with Gasteiger partial charge in [0.15, 0.2) is 5.13 Å². The first kappa shape index (κ1) is 26.2. The molecule has 2 aromatic heterocycles. The van der Waals surface area contributed by atoms with Crippen LogP contribution in [0.4, 0.5) is 18.3 Å². The number of hydrogen-bond donors (Lipinski definition) is 2. The van der Waals surface area contributed by atoms with Crippen molar-refractivity contribution in [3.63, 3.8) is 0 Å². The molecule has 198 valence electrons. The summed E-state index contributed by atoms with van der Waals surface area (Å²) in [6.07, 6.45) is 1.68. The van der Waals surface area contributed by atoms with Gasteiger partial charge >= 0.3 is 6.18 Å². The van der Waals surface area contributed by atoms with E-state index in [0.717, 1.165) is 67.7 Å². The standard InChI is InChI=1S/C26H30F3N5OS2/c27-26(28,29)11-13-31-25-33-22-15-34(14-10-23(22)37-25)16-36-18-8-6-17(7-9-18)32-24(35)20-3-1-5-21-19(20)4-2-12-30-21/h1-5,12,17-18H,6-11,13-16H2,(H,31,33)(H,32,35). The van der Waals surface area contributed by atoms with Gasteiger partial charge < -0.3 is 10.6 Å². The van der Waals surface area contributed by atoms with Crippen molar-refractivity contribution in [3.8, 4) is 0 Å². The van der Waals surface area contributed by atoms with Crippen molar-refractivity contribution >= 4 is 45.0 Å². The zero-order chi connectivity index (χ0) is 25.8. The molecule has 1 aromatic carbocycles. The SMILES string of the molecule is O=C(NC1CCC(SCN2CCc3sc(NCCC(F)(F)F)nc3C2)CC1)c1cccc2ncccc12. The summed E-state index contributed by atoms with van der Waals surface area (Å²) < 4.78 is 37.2. The number of thioether (sulfide) groups is 1. The van der Waals surface area contributed by atoms with Crippen molar-refractivity contribution in [1.29, 1.82) is 0 Å². The van der Waals surface area contributed by atoms with Crippen LogP contribution < -0.4 is 10.6 Å². The normalized spacial score (nSPS) is 20.5. The maximum absolute atomic E-state index is 12.9. The zero-order valence-electron chi connectivity index (χ0n) is 20.4. The first-order chi connectivity index (χ1) is 17.8. The molecule has 0 radical (unpaired) electrons. The molecule has 0 unspecified atom stereocenters. The van der Waals surface area contributed by atoms with Gasteiger partial charge in [-0.05, 0) is 50.3 Å². The summed E-state index contributed by atoms with van der Waals surface area (Å²) in [4.78, 5) is 25.4. The third-order valence-electron chi connectivity index (χ3n) is 6.88. The molecule has 37 heavy (non-hydrogen) atoms. The van der Waals surface area contributed by atoms with E-state index in [0.29, 0.717) is 15.9 Å². The van der Waals surface area contributed by atoms with Gasteiger partial charge in [-0.25, -0.2) is 4.98 Å². The Bertz CT molecular complexity index is 1220. The minimum absolute atomic E-state index is 0.0330. The molecule has 0 spiro atoms. The molecule has 6 nitrogen and oxygen atoms in total. The van der Waals surface area contributed by atoms with E-state index in [1.807, 2.05) is 42.1 Å². The molecule has 2 N–H and O–H groups in total. The van der Waals surface area contributed by atoms with E-state index in [1.54, 1.807) is 6.20 Å². The van der Waals surface area contributed by atoms with E-state index in [2.05, 4.69) is 25.5 Å². The van der Waals surface area contributed by atoms with Gasteiger partial charge in [0.2, 0.25) is 0 Å². The topological polar surface area (TPSA) is 70.2 Å². The average Bonchev–Trinajstić information content (AvgIpc) is 3.29. The first-order valence-corrected chi connectivity index (χ1v) is 14.5. The molecule has 3 heterocycles. The van der Waals surface area contributed by atoms with Crippen LogP contribution in [0.3, 0.4) is 0 Å². The van der Waals surface area contributed by atoms with Gasteiger partial charge in [-0.3, -0.25) is 14.7 Å². The number of aromatic nitrogens is 2. The molecule has 1 saturated carbocycles. The number of benzene rings is 1. The Kier molecular flexibility index (Phi) is 8.21. The van der Waals surface area contributed by atoms with Gasteiger partial charge in [0.25, 0.3) is 5.91 Å². The monoisotopic (exact) mass is 549 g/mol. The van der Waals surface area contributed by atoms with Crippen LogP contribution in [0.1, 0.15) is 53.0 Å². The summed E-state index contributed by atoms with van der Waals surface area (Å²) in [5.41, 5.74) is 2.49. The summed E-state index contributed by atoms with van der Waals surface area (Å²) in [5, 5.41) is 8.08. The number of halogens is 3. The Balaban J connectivity index is 1.04. The third kappa shape index (κ3) is 6.94. The highest BCUT2D eigenvalue weighted by atomic mass is 32.2. The summed E-state index contributed by atoms with van der Waals surface area (Å²) in [6.45, 7) is 1.54. The Morgan fingerprint density at radius 2 is 2.00 bits per heavy atom. The van der Waals surface area contributed by atoms with Gasteiger partial charge in [-0.15, -0.1) is 23.1 Å². The van der Waals surface area contributed by atoms with E-state index in [4.69, 9.17) is 0 Å². The molecule has 0 atom stereocenters. The molecule has 0 bridgehead atoms. The lowest BCUT2D eigenvalue weighted by Crippen LogP contribution is -2.38. The van der Waals surface area contributed by atoms with Gasteiger partial charge in [0.1, 0.15) is 0 Å². The van der Waals surface area contributed by atoms with Gasteiger partial charge in [-0.2, -0.15) is 13.2 Å². The predicted molar refractivity (Wildman–Crippen MR) is 143 cm³/mol. The second-order valence-electron chi connectivity index (χ2n) is 9.60. The molecule has 1 aliphatic carbocycles. The molecular weight excluding hydrogens is 519 g/mol. The molecule has 0 saturated heterocycles. The highest BCUT2D eigenvalue weighted by molar-refractivity contribution is 7.99. The molecule has 11 heteroatoms. The fraction of sp³-hybridized carbons (Fsp3) is 0.500.